The number of esters is 1. The van der Waals surface area contributed by atoms with Gasteiger partial charge >= 0.3 is 5.97 Å². The van der Waals surface area contributed by atoms with Gasteiger partial charge in [0.15, 0.2) is 0 Å². The first kappa shape index (κ1) is 16.9. The first-order chi connectivity index (χ1) is 12.1. The van der Waals surface area contributed by atoms with Crippen LogP contribution in [0.2, 0.25) is 0 Å². The third-order valence-corrected chi connectivity index (χ3v) is 3.83. The van der Waals surface area contributed by atoms with Crippen LogP contribution >= 0.6 is 0 Å². The summed E-state index contributed by atoms with van der Waals surface area (Å²) >= 11 is 0. The molecule has 0 saturated carbocycles. The molecule has 6 nitrogen and oxygen atoms in total. The lowest BCUT2D eigenvalue weighted by molar-refractivity contribution is 0.0462. The molecule has 1 aromatic heterocycles. The molecule has 0 spiro atoms. The fourth-order valence-corrected chi connectivity index (χ4v) is 2.54. The van der Waals surface area contributed by atoms with Crippen LogP contribution in [-0.2, 0) is 22.7 Å². The van der Waals surface area contributed by atoms with Crippen molar-refractivity contribution in [2.24, 2.45) is 0 Å². The van der Waals surface area contributed by atoms with Gasteiger partial charge in [0.05, 0.1) is 23.1 Å². The second-order valence-corrected chi connectivity index (χ2v) is 5.69. The predicted octanol–water partition coefficient (Wildman–Crippen LogP) is 2.73. The van der Waals surface area contributed by atoms with Crippen LogP contribution in [-0.4, -0.2) is 23.0 Å². The molecular weight excluding hydrogens is 320 g/mol. The van der Waals surface area contributed by atoms with Gasteiger partial charge in [-0.1, -0.05) is 24.3 Å². The van der Waals surface area contributed by atoms with Crippen molar-refractivity contribution in [2.45, 2.75) is 20.1 Å². The van der Waals surface area contributed by atoms with E-state index in [-0.39, 0.29) is 12.2 Å². The Balaban J connectivity index is 1.75. The van der Waals surface area contributed by atoms with Gasteiger partial charge in [-0.05, 0) is 36.2 Å². The quantitative estimate of drug-likeness (QED) is 0.724. The number of H-pyrrole nitrogens is 1. The van der Waals surface area contributed by atoms with Crippen molar-refractivity contribution in [1.82, 2.24) is 9.97 Å². The van der Waals surface area contributed by atoms with Crippen molar-refractivity contribution in [2.75, 3.05) is 7.11 Å². The first-order valence-electron chi connectivity index (χ1n) is 7.82. The molecule has 0 radical (unpaired) electrons. The smallest absolute Gasteiger partial charge is 0.338 e. The summed E-state index contributed by atoms with van der Waals surface area (Å²) in [5, 5.41) is 0.517. The second kappa shape index (κ2) is 7.27. The number of carbonyl (C=O) groups is 1. The number of aromatic amines is 1. The minimum absolute atomic E-state index is 0.0990. The van der Waals surface area contributed by atoms with E-state index in [2.05, 4.69) is 9.97 Å². The van der Waals surface area contributed by atoms with Crippen LogP contribution in [0.1, 0.15) is 27.3 Å². The molecule has 25 heavy (non-hydrogen) atoms. The van der Waals surface area contributed by atoms with Crippen LogP contribution in [0.25, 0.3) is 10.9 Å². The molecule has 1 N–H and O–H groups in total. The Bertz CT molecular complexity index is 961. The van der Waals surface area contributed by atoms with Crippen LogP contribution in [0.3, 0.4) is 0 Å². The van der Waals surface area contributed by atoms with E-state index in [1.165, 1.54) is 0 Å². The number of nitrogens with zero attached hydrogens (tertiary/aromatic N) is 1. The Hall–Kier alpha value is -2.99. The molecule has 0 fully saturated rings. The lowest BCUT2D eigenvalue weighted by Gasteiger charge is -2.07. The summed E-state index contributed by atoms with van der Waals surface area (Å²) in [5.41, 5.74) is 2.66. The van der Waals surface area contributed by atoms with E-state index in [1.807, 2.05) is 19.1 Å². The molecule has 0 bridgehead atoms. The molecule has 0 atom stereocenters. The van der Waals surface area contributed by atoms with Crippen molar-refractivity contribution in [3.63, 3.8) is 0 Å². The SMILES string of the molecule is COCc1ccc(C(=O)OCc2nc3c(C)cccc3c(=O)[nH]2)cc1. The number of fused-ring (bicyclic) bond motifs is 1. The van der Waals surface area contributed by atoms with E-state index in [4.69, 9.17) is 9.47 Å². The molecule has 0 aliphatic rings. The molecule has 6 heteroatoms. The van der Waals surface area contributed by atoms with E-state index in [1.54, 1.807) is 37.4 Å². The number of ether oxygens (including phenoxy) is 2. The van der Waals surface area contributed by atoms with Crippen molar-refractivity contribution in [3.05, 3.63) is 75.3 Å². The highest BCUT2D eigenvalue weighted by Gasteiger charge is 2.10. The maximum atomic E-state index is 12.1. The Kier molecular flexibility index (Phi) is 4.90. The molecular formula is C19H18N2O4. The molecule has 0 unspecified atom stereocenters. The summed E-state index contributed by atoms with van der Waals surface area (Å²) in [6.45, 7) is 2.27. The third kappa shape index (κ3) is 3.75. The molecule has 2 aromatic carbocycles. The number of aromatic nitrogens is 2. The minimum Gasteiger partial charge on any atom is -0.454 e. The molecule has 0 saturated heterocycles. The van der Waals surface area contributed by atoms with Crippen LogP contribution in [0, 0.1) is 6.92 Å². The number of methoxy groups -OCH3 is 1. The normalized spacial score (nSPS) is 10.8. The van der Waals surface area contributed by atoms with Crippen molar-refractivity contribution < 1.29 is 14.3 Å². The van der Waals surface area contributed by atoms with Crippen LogP contribution < -0.4 is 5.56 Å². The topological polar surface area (TPSA) is 81.3 Å². The lowest BCUT2D eigenvalue weighted by atomic mass is 10.1. The largest absolute Gasteiger partial charge is 0.454 e. The average Bonchev–Trinajstić information content (AvgIpc) is 2.61. The second-order valence-electron chi connectivity index (χ2n) is 5.69. The van der Waals surface area contributed by atoms with Gasteiger partial charge in [-0.15, -0.1) is 0 Å². The molecule has 3 rings (SSSR count). The molecule has 128 valence electrons. The number of benzene rings is 2. The van der Waals surface area contributed by atoms with Gasteiger partial charge < -0.3 is 14.5 Å². The molecule has 0 aliphatic heterocycles. The number of aryl methyl sites for hydroxylation is 1. The molecule has 0 aliphatic carbocycles. The summed E-state index contributed by atoms with van der Waals surface area (Å²) in [7, 11) is 1.61. The van der Waals surface area contributed by atoms with Gasteiger partial charge in [-0.3, -0.25) is 4.79 Å². The van der Waals surface area contributed by atoms with Gasteiger partial charge in [-0.2, -0.15) is 0 Å². The Morgan fingerprint density at radius 3 is 2.60 bits per heavy atom. The fourth-order valence-electron chi connectivity index (χ4n) is 2.54. The standard InChI is InChI=1S/C19H18N2O4/c1-12-4-3-5-15-17(12)20-16(21-18(15)22)11-25-19(23)14-8-6-13(7-9-14)10-24-2/h3-9H,10-11H2,1-2H3,(H,20,21,22). The number of carbonyl (C=O) groups excluding carboxylic acids is 1. The van der Waals surface area contributed by atoms with Crippen LogP contribution in [0.5, 0.6) is 0 Å². The summed E-state index contributed by atoms with van der Waals surface area (Å²) in [5.74, 6) is -0.160. The van der Waals surface area contributed by atoms with E-state index >= 15 is 0 Å². The van der Waals surface area contributed by atoms with Gasteiger partial charge in [0.1, 0.15) is 12.4 Å². The average molecular weight is 338 g/mol. The zero-order valence-corrected chi connectivity index (χ0v) is 14.0. The van der Waals surface area contributed by atoms with Crippen molar-refractivity contribution in [3.8, 4) is 0 Å². The van der Waals surface area contributed by atoms with Crippen molar-refractivity contribution >= 4 is 16.9 Å². The predicted molar refractivity (Wildman–Crippen MR) is 93.4 cm³/mol. The van der Waals surface area contributed by atoms with Crippen molar-refractivity contribution in [1.29, 1.82) is 0 Å². The van der Waals surface area contributed by atoms with E-state index in [0.29, 0.717) is 28.9 Å². The van der Waals surface area contributed by atoms with Gasteiger partial charge in [0, 0.05) is 7.11 Å². The highest BCUT2D eigenvalue weighted by atomic mass is 16.5. The third-order valence-electron chi connectivity index (χ3n) is 3.83. The summed E-state index contributed by atoms with van der Waals surface area (Å²) in [4.78, 5) is 31.3. The summed E-state index contributed by atoms with van der Waals surface area (Å²) < 4.78 is 10.3. The summed E-state index contributed by atoms with van der Waals surface area (Å²) in [6.07, 6.45) is 0. The van der Waals surface area contributed by atoms with Crippen LogP contribution in [0.4, 0.5) is 0 Å². The molecule has 3 aromatic rings. The Labute approximate surface area is 144 Å². The monoisotopic (exact) mass is 338 g/mol. The van der Waals surface area contributed by atoms with Gasteiger partial charge in [-0.25, -0.2) is 9.78 Å². The Morgan fingerprint density at radius 1 is 1.12 bits per heavy atom. The first-order valence-corrected chi connectivity index (χ1v) is 7.82. The fraction of sp³-hybridized carbons (Fsp3) is 0.211. The highest BCUT2D eigenvalue weighted by molar-refractivity contribution is 5.89. The molecule has 0 amide bonds. The highest BCUT2D eigenvalue weighted by Crippen LogP contribution is 2.13. The number of nitrogens with one attached hydrogen (secondary N) is 1. The summed E-state index contributed by atoms with van der Waals surface area (Å²) in [6, 6.07) is 12.4. The maximum Gasteiger partial charge on any atom is 0.338 e. The Morgan fingerprint density at radius 2 is 1.88 bits per heavy atom. The van der Waals surface area contributed by atoms with E-state index < -0.39 is 5.97 Å². The lowest BCUT2D eigenvalue weighted by Crippen LogP contribution is -2.15. The van der Waals surface area contributed by atoms with E-state index in [0.717, 1.165) is 11.1 Å². The maximum absolute atomic E-state index is 12.1. The van der Waals surface area contributed by atoms with Gasteiger partial charge in [0.2, 0.25) is 0 Å². The zero-order valence-electron chi connectivity index (χ0n) is 14.0. The zero-order chi connectivity index (χ0) is 17.8. The minimum atomic E-state index is -0.475. The molecule has 1 heterocycles. The van der Waals surface area contributed by atoms with Gasteiger partial charge in [0.25, 0.3) is 5.56 Å². The van der Waals surface area contributed by atoms with Crippen LogP contribution in [0.15, 0.2) is 47.3 Å². The number of hydrogen-bond acceptors (Lipinski definition) is 5. The number of rotatable bonds is 5. The number of para-hydroxylation sites is 1. The number of hydrogen-bond donors (Lipinski definition) is 1. The van der Waals surface area contributed by atoms with E-state index in [9.17, 15) is 9.59 Å².